The van der Waals surface area contributed by atoms with Crippen molar-refractivity contribution in [3.8, 4) is 0 Å². The van der Waals surface area contributed by atoms with Gasteiger partial charge < -0.3 is 28.6 Å². The molecule has 358 valence electrons. The number of allylic oxidation sites excluding steroid dienone is 10. The fourth-order valence-corrected chi connectivity index (χ4v) is 7.17. The third-order valence-corrected chi connectivity index (χ3v) is 11.1. The van der Waals surface area contributed by atoms with Crippen LogP contribution in [0.5, 0.6) is 0 Å². The van der Waals surface area contributed by atoms with Gasteiger partial charge in [0.05, 0.1) is 40.3 Å². The quantitative estimate of drug-likeness (QED) is 0.0260. The highest BCUT2D eigenvalue weighted by atomic mass is 16.6. The van der Waals surface area contributed by atoms with E-state index in [9.17, 15) is 19.5 Å². The van der Waals surface area contributed by atoms with E-state index in [0.717, 1.165) is 70.6 Å². The Kier molecular flexibility index (Phi) is 42.5. The Morgan fingerprint density at radius 3 is 1.26 bits per heavy atom. The van der Waals surface area contributed by atoms with Crippen LogP contribution in [0.4, 0.5) is 0 Å². The SMILES string of the molecule is CCCCC/C=C\C/C=C\C/C=C\CCCCCCCCC(=O)OC(COCCC(C(=O)[O-])[N+](C)(C)C)COC(=O)CCCCCCCCCCC/C=C\C/C=C\CCCCC. The molecule has 0 aliphatic rings. The van der Waals surface area contributed by atoms with Gasteiger partial charge in [0.15, 0.2) is 6.10 Å². The summed E-state index contributed by atoms with van der Waals surface area (Å²) in [5.41, 5.74) is 0. The molecule has 0 saturated heterocycles. The summed E-state index contributed by atoms with van der Waals surface area (Å²) in [5.74, 6) is -1.76. The summed E-state index contributed by atoms with van der Waals surface area (Å²) in [6, 6.07) is -0.731. The van der Waals surface area contributed by atoms with Crippen LogP contribution in [0.15, 0.2) is 60.8 Å². The van der Waals surface area contributed by atoms with Crippen molar-refractivity contribution in [2.24, 2.45) is 0 Å². The number of unbranched alkanes of at least 4 members (excludes halogenated alkanes) is 21. The number of quaternary nitrogens is 1. The average molecular weight is 870 g/mol. The van der Waals surface area contributed by atoms with Crippen LogP contribution in [-0.4, -0.2) is 75.5 Å². The fraction of sp³-hybridized carbons (Fsp3) is 0.759. The molecule has 0 aromatic carbocycles. The second kappa shape index (κ2) is 44.6. The predicted molar refractivity (Wildman–Crippen MR) is 259 cm³/mol. The van der Waals surface area contributed by atoms with Gasteiger partial charge in [-0.25, -0.2) is 0 Å². The lowest BCUT2D eigenvalue weighted by Crippen LogP contribution is -2.55. The van der Waals surface area contributed by atoms with Gasteiger partial charge in [-0.05, 0) is 83.5 Å². The molecule has 0 amide bonds. The van der Waals surface area contributed by atoms with Gasteiger partial charge in [0.1, 0.15) is 12.6 Å². The minimum Gasteiger partial charge on any atom is -0.544 e. The monoisotopic (exact) mass is 870 g/mol. The van der Waals surface area contributed by atoms with Crippen LogP contribution in [-0.2, 0) is 28.6 Å². The Balaban J connectivity index is 4.30. The first-order valence-corrected chi connectivity index (χ1v) is 25.3. The van der Waals surface area contributed by atoms with E-state index in [2.05, 4.69) is 74.6 Å². The van der Waals surface area contributed by atoms with Crippen LogP contribution in [0.3, 0.4) is 0 Å². The van der Waals surface area contributed by atoms with E-state index in [0.29, 0.717) is 12.8 Å². The van der Waals surface area contributed by atoms with Gasteiger partial charge in [0.2, 0.25) is 0 Å². The van der Waals surface area contributed by atoms with Crippen LogP contribution >= 0.6 is 0 Å². The van der Waals surface area contributed by atoms with Gasteiger partial charge in [0.25, 0.3) is 0 Å². The number of aliphatic carboxylic acids is 1. The summed E-state index contributed by atoms with van der Waals surface area (Å²) in [6.45, 7) is 4.60. The second-order valence-corrected chi connectivity index (χ2v) is 18.0. The number of ether oxygens (including phenoxy) is 3. The molecule has 62 heavy (non-hydrogen) atoms. The number of nitrogens with zero attached hydrogens (tertiary/aromatic N) is 1. The smallest absolute Gasteiger partial charge is 0.306 e. The lowest BCUT2D eigenvalue weighted by molar-refractivity contribution is -0.889. The maximum absolute atomic E-state index is 12.8. The zero-order valence-electron chi connectivity index (χ0n) is 40.8. The number of carbonyl (C=O) groups is 3. The molecule has 0 saturated carbocycles. The summed E-state index contributed by atoms with van der Waals surface area (Å²) in [7, 11) is 5.41. The molecular weight excluding hydrogens is 775 g/mol. The van der Waals surface area contributed by atoms with Crippen molar-refractivity contribution in [2.75, 3.05) is 41.0 Å². The van der Waals surface area contributed by atoms with E-state index in [1.807, 2.05) is 0 Å². The number of likely N-dealkylation sites (N-methyl/N-ethyl adjacent to an activating group) is 1. The standard InChI is InChI=1S/C54H95NO7/c1-6-8-10-12-14-16-18-20-22-24-26-28-30-32-34-36-38-40-42-44-52(56)61-49-50(48-60-47-46-51(54(58)59)55(3,4)5)62-53(57)45-43-41-39-37-35-33-31-29-27-25-23-21-19-17-15-13-11-9-7-2/h14-17,20-23,27,29,50-51H,6-13,18-19,24-26,28,30-49H2,1-5H3/b16-14-,17-15-,22-20-,23-21-,29-27-. The zero-order valence-corrected chi connectivity index (χ0v) is 40.8. The fourth-order valence-electron chi connectivity index (χ4n) is 7.17. The van der Waals surface area contributed by atoms with Crippen molar-refractivity contribution in [2.45, 2.75) is 225 Å². The maximum atomic E-state index is 12.8. The summed E-state index contributed by atoms with van der Waals surface area (Å²) < 4.78 is 17.2. The number of rotatable bonds is 45. The van der Waals surface area contributed by atoms with Gasteiger partial charge >= 0.3 is 11.9 Å². The molecule has 8 heteroatoms. The van der Waals surface area contributed by atoms with Gasteiger partial charge in [-0.15, -0.1) is 0 Å². The van der Waals surface area contributed by atoms with E-state index >= 15 is 0 Å². The predicted octanol–water partition coefficient (Wildman–Crippen LogP) is 13.2. The molecule has 0 aliphatic carbocycles. The highest BCUT2D eigenvalue weighted by Crippen LogP contribution is 2.14. The molecule has 0 aromatic rings. The van der Waals surface area contributed by atoms with E-state index < -0.39 is 18.1 Å². The summed E-state index contributed by atoms with van der Waals surface area (Å²) in [6.07, 6.45) is 55.2. The van der Waals surface area contributed by atoms with Gasteiger partial charge in [-0.2, -0.15) is 0 Å². The number of hydrogen-bond donors (Lipinski definition) is 0. The number of carbonyl (C=O) groups excluding carboxylic acids is 3. The molecule has 0 spiro atoms. The van der Waals surface area contributed by atoms with E-state index in [1.54, 1.807) is 21.1 Å². The Bertz CT molecular complexity index is 1200. The molecule has 0 heterocycles. The molecule has 0 aliphatic heterocycles. The topological polar surface area (TPSA) is 102 Å². The van der Waals surface area contributed by atoms with Gasteiger partial charge in [-0.3, -0.25) is 9.59 Å². The van der Waals surface area contributed by atoms with Gasteiger partial charge in [0, 0.05) is 19.3 Å². The highest BCUT2D eigenvalue weighted by molar-refractivity contribution is 5.70. The van der Waals surface area contributed by atoms with Crippen molar-refractivity contribution < 1.29 is 38.2 Å². The molecule has 2 unspecified atom stereocenters. The molecule has 0 N–H and O–H groups in total. The van der Waals surface area contributed by atoms with E-state index in [-0.39, 0.29) is 42.7 Å². The molecule has 0 fully saturated rings. The number of carboxylic acids is 1. The molecular formula is C54H95NO7. The van der Waals surface area contributed by atoms with Crippen LogP contribution < -0.4 is 5.11 Å². The maximum Gasteiger partial charge on any atom is 0.306 e. The second-order valence-electron chi connectivity index (χ2n) is 18.0. The van der Waals surface area contributed by atoms with Crippen LogP contribution in [0.2, 0.25) is 0 Å². The van der Waals surface area contributed by atoms with E-state index in [1.165, 1.54) is 109 Å². The third kappa shape index (κ3) is 42.3. The molecule has 0 rings (SSSR count). The van der Waals surface area contributed by atoms with Crippen molar-refractivity contribution >= 4 is 17.9 Å². The highest BCUT2D eigenvalue weighted by Gasteiger charge is 2.25. The Hall–Kier alpha value is -2.97. The first kappa shape index (κ1) is 59.0. The van der Waals surface area contributed by atoms with Crippen molar-refractivity contribution in [1.29, 1.82) is 0 Å². The lowest BCUT2D eigenvalue weighted by atomic mass is 10.1. The molecule has 8 nitrogen and oxygen atoms in total. The summed E-state index contributed by atoms with van der Waals surface area (Å²) in [4.78, 5) is 37.0. The molecule has 0 bridgehead atoms. The Morgan fingerprint density at radius 2 is 0.855 bits per heavy atom. The average Bonchev–Trinajstić information content (AvgIpc) is 3.23. The van der Waals surface area contributed by atoms with Crippen molar-refractivity contribution in [3.05, 3.63) is 60.8 Å². The number of esters is 2. The molecule has 0 aromatic heterocycles. The molecule has 0 radical (unpaired) electrons. The van der Waals surface area contributed by atoms with Crippen molar-refractivity contribution in [3.63, 3.8) is 0 Å². The Labute approximate surface area is 381 Å². The number of carboxylic acid groups (broad SMARTS) is 1. The van der Waals surface area contributed by atoms with Crippen LogP contribution in [0.25, 0.3) is 0 Å². The van der Waals surface area contributed by atoms with Gasteiger partial charge in [-0.1, -0.05) is 171 Å². The normalized spacial score (nSPS) is 13.4. The zero-order chi connectivity index (χ0) is 45.6. The van der Waals surface area contributed by atoms with Crippen LogP contribution in [0.1, 0.15) is 213 Å². The Morgan fingerprint density at radius 1 is 0.484 bits per heavy atom. The molecule has 2 atom stereocenters. The lowest BCUT2D eigenvalue weighted by Gasteiger charge is -2.34. The first-order chi connectivity index (χ1) is 30.1. The van der Waals surface area contributed by atoms with Crippen molar-refractivity contribution in [1.82, 2.24) is 0 Å². The largest absolute Gasteiger partial charge is 0.544 e. The first-order valence-electron chi connectivity index (χ1n) is 25.3. The van der Waals surface area contributed by atoms with E-state index in [4.69, 9.17) is 14.2 Å². The minimum absolute atomic E-state index is 0.0325. The number of hydrogen-bond acceptors (Lipinski definition) is 7. The van der Waals surface area contributed by atoms with Crippen LogP contribution in [0, 0.1) is 0 Å². The third-order valence-electron chi connectivity index (χ3n) is 11.1. The summed E-state index contributed by atoms with van der Waals surface area (Å²) >= 11 is 0. The minimum atomic E-state index is -1.13. The summed E-state index contributed by atoms with van der Waals surface area (Å²) in [5, 5.41) is 11.7.